The van der Waals surface area contributed by atoms with E-state index in [0.717, 1.165) is 0 Å². The summed E-state index contributed by atoms with van der Waals surface area (Å²) in [5.74, 6) is -1.37. The van der Waals surface area contributed by atoms with Gasteiger partial charge in [0.2, 0.25) is 15.2 Å². The number of carbonyl (C=O) groups is 1. The minimum absolute atomic E-state index is 0.0589. The Morgan fingerprint density at radius 1 is 1.35 bits per heavy atom. The van der Waals surface area contributed by atoms with Gasteiger partial charge in [-0.2, -0.15) is 5.10 Å². The van der Waals surface area contributed by atoms with E-state index >= 15 is 0 Å². The smallest absolute Gasteiger partial charge is 0.368 e. The number of primary sulfonamides is 1. The summed E-state index contributed by atoms with van der Waals surface area (Å²) < 4.78 is 21.9. The Morgan fingerprint density at radius 2 is 1.88 bits per heavy atom. The molecule has 0 aromatic heterocycles. The van der Waals surface area contributed by atoms with Gasteiger partial charge in [-0.05, 0) is 24.3 Å². The fraction of sp³-hybridized carbons (Fsp3) is 0. The van der Waals surface area contributed by atoms with Gasteiger partial charge in [-0.3, -0.25) is 5.43 Å². The fourth-order valence-corrected chi connectivity index (χ4v) is 1.44. The third-order valence-electron chi connectivity index (χ3n) is 1.64. The first kappa shape index (κ1) is 13.4. The van der Waals surface area contributed by atoms with E-state index in [-0.39, 0.29) is 4.90 Å². The van der Waals surface area contributed by atoms with Gasteiger partial charge in [-0.1, -0.05) is 11.6 Å². The molecule has 0 bridgehead atoms. The van der Waals surface area contributed by atoms with Crippen molar-refractivity contribution >= 4 is 38.5 Å². The maximum absolute atomic E-state index is 10.9. The van der Waals surface area contributed by atoms with E-state index in [1.807, 2.05) is 0 Å². The van der Waals surface area contributed by atoms with Crippen molar-refractivity contribution in [2.45, 2.75) is 4.90 Å². The third kappa shape index (κ3) is 4.02. The molecule has 0 aliphatic carbocycles. The topological polar surface area (TPSA) is 122 Å². The first-order chi connectivity index (χ1) is 7.80. The number of rotatable bonds is 4. The lowest BCUT2D eigenvalue weighted by atomic mass is 10.3. The minimum atomic E-state index is -3.75. The highest BCUT2D eigenvalue weighted by Gasteiger charge is 2.07. The molecule has 0 aliphatic rings. The van der Waals surface area contributed by atoms with Gasteiger partial charge in [0.1, 0.15) is 0 Å². The Morgan fingerprint density at radius 3 is 2.29 bits per heavy atom. The number of nitrogens with two attached hydrogens (primary N) is 1. The summed E-state index contributed by atoms with van der Waals surface area (Å²) in [7, 11) is -3.75. The van der Waals surface area contributed by atoms with Crippen molar-refractivity contribution < 1.29 is 18.3 Å². The number of benzene rings is 1. The van der Waals surface area contributed by atoms with Crippen LogP contribution in [0.5, 0.6) is 0 Å². The first-order valence-corrected chi connectivity index (χ1v) is 6.08. The minimum Gasteiger partial charge on any atom is -0.476 e. The van der Waals surface area contributed by atoms with E-state index in [0.29, 0.717) is 5.69 Å². The molecule has 0 aliphatic heterocycles. The summed E-state index contributed by atoms with van der Waals surface area (Å²) in [6.07, 6.45) is 0. The Bertz CT molecular complexity index is 553. The first-order valence-electron chi connectivity index (χ1n) is 4.16. The second-order valence-corrected chi connectivity index (χ2v) is 4.81. The lowest BCUT2D eigenvalue weighted by Crippen LogP contribution is -2.12. The van der Waals surface area contributed by atoms with Crippen molar-refractivity contribution in [2.75, 3.05) is 5.43 Å². The van der Waals surface area contributed by atoms with Gasteiger partial charge in [0.15, 0.2) is 0 Å². The van der Waals surface area contributed by atoms with Crippen molar-refractivity contribution in [1.29, 1.82) is 0 Å². The molecule has 4 N–H and O–H groups in total. The van der Waals surface area contributed by atoms with E-state index in [4.69, 9.17) is 21.8 Å². The molecule has 0 amide bonds. The maximum atomic E-state index is 10.9. The second-order valence-electron chi connectivity index (χ2n) is 2.89. The van der Waals surface area contributed by atoms with Crippen LogP contribution >= 0.6 is 11.6 Å². The average Bonchev–Trinajstić information content (AvgIpc) is 2.25. The highest BCUT2D eigenvalue weighted by Crippen LogP contribution is 2.12. The van der Waals surface area contributed by atoms with Gasteiger partial charge in [-0.25, -0.2) is 18.4 Å². The number of anilines is 1. The van der Waals surface area contributed by atoms with Crippen molar-refractivity contribution in [2.24, 2.45) is 10.2 Å². The van der Waals surface area contributed by atoms with Crippen molar-refractivity contribution in [3.8, 4) is 0 Å². The van der Waals surface area contributed by atoms with Crippen LogP contribution in [0.15, 0.2) is 34.3 Å². The summed E-state index contributed by atoms with van der Waals surface area (Å²) >= 11 is 5.24. The van der Waals surface area contributed by atoms with Gasteiger partial charge in [0.05, 0.1) is 10.6 Å². The third-order valence-corrected chi connectivity index (χ3v) is 2.82. The fourth-order valence-electron chi connectivity index (χ4n) is 0.881. The molecule has 7 nitrogen and oxygen atoms in total. The SMILES string of the molecule is NS(=O)(=O)c1ccc(NN=C(Cl)C(=O)O)cc1. The number of sulfonamides is 1. The van der Waals surface area contributed by atoms with Crippen LogP contribution in [0.25, 0.3) is 0 Å². The van der Waals surface area contributed by atoms with Crippen LogP contribution in [0.3, 0.4) is 0 Å². The Hall–Kier alpha value is -1.64. The lowest BCUT2D eigenvalue weighted by Gasteiger charge is -2.01. The number of nitrogens with one attached hydrogen (secondary N) is 1. The van der Waals surface area contributed by atoms with E-state index in [9.17, 15) is 13.2 Å². The predicted octanol–water partition coefficient (Wildman–Crippen LogP) is 0.383. The maximum Gasteiger partial charge on any atom is 0.368 e. The molecule has 0 radical (unpaired) electrons. The number of aliphatic carboxylic acids is 1. The molecule has 92 valence electrons. The largest absolute Gasteiger partial charge is 0.476 e. The Kier molecular flexibility index (Phi) is 4.05. The molecule has 0 saturated carbocycles. The highest BCUT2D eigenvalue weighted by atomic mass is 35.5. The van der Waals surface area contributed by atoms with Crippen LogP contribution < -0.4 is 10.6 Å². The number of hydrazone groups is 1. The average molecular weight is 278 g/mol. The summed E-state index contributed by atoms with van der Waals surface area (Å²) in [5, 5.41) is 16.0. The zero-order valence-electron chi connectivity index (χ0n) is 8.29. The molecule has 1 aromatic carbocycles. The quantitative estimate of drug-likeness (QED) is 0.542. The highest BCUT2D eigenvalue weighted by molar-refractivity contribution is 7.89. The number of carboxylic acid groups (broad SMARTS) is 1. The van der Waals surface area contributed by atoms with Gasteiger partial charge in [0, 0.05) is 0 Å². The molecule has 0 fully saturated rings. The van der Waals surface area contributed by atoms with Crippen LogP contribution in [-0.4, -0.2) is 24.7 Å². The van der Waals surface area contributed by atoms with Gasteiger partial charge in [0.25, 0.3) is 0 Å². The van der Waals surface area contributed by atoms with Gasteiger partial charge < -0.3 is 5.11 Å². The lowest BCUT2D eigenvalue weighted by molar-refractivity contribution is -0.129. The Labute approximate surface area is 102 Å². The summed E-state index contributed by atoms with van der Waals surface area (Å²) in [4.78, 5) is 10.2. The van der Waals surface area contributed by atoms with E-state index in [1.54, 1.807) is 0 Å². The normalized spacial score (nSPS) is 12.2. The monoisotopic (exact) mass is 277 g/mol. The molecule has 1 rings (SSSR count). The molecule has 0 heterocycles. The molecule has 9 heteroatoms. The molecule has 0 unspecified atom stereocenters. The summed E-state index contributed by atoms with van der Waals surface area (Å²) in [5.41, 5.74) is 2.72. The van der Waals surface area contributed by atoms with Crippen LogP contribution in [-0.2, 0) is 14.8 Å². The van der Waals surface area contributed by atoms with Gasteiger partial charge in [-0.15, -0.1) is 0 Å². The number of hydrogen-bond acceptors (Lipinski definition) is 5. The van der Waals surface area contributed by atoms with E-state index in [2.05, 4.69) is 10.5 Å². The number of carboxylic acids is 1. The Balaban J connectivity index is 2.83. The number of hydrogen-bond donors (Lipinski definition) is 3. The van der Waals surface area contributed by atoms with Crippen molar-refractivity contribution in [3.63, 3.8) is 0 Å². The standard InChI is InChI=1S/C8H8ClN3O4S/c9-7(8(13)14)12-11-5-1-3-6(4-2-5)17(10,15)16/h1-4,11H,(H,13,14)(H2,10,15,16). The molecule has 0 saturated heterocycles. The van der Waals surface area contributed by atoms with Crippen LogP contribution in [0.4, 0.5) is 5.69 Å². The van der Waals surface area contributed by atoms with E-state index in [1.165, 1.54) is 24.3 Å². The van der Waals surface area contributed by atoms with Crippen LogP contribution in [0, 0.1) is 0 Å². The van der Waals surface area contributed by atoms with E-state index < -0.39 is 21.2 Å². The zero-order chi connectivity index (χ0) is 13.1. The summed E-state index contributed by atoms with van der Waals surface area (Å²) in [6.45, 7) is 0. The van der Waals surface area contributed by atoms with Crippen molar-refractivity contribution in [1.82, 2.24) is 0 Å². The van der Waals surface area contributed by atoms with Crippen molar-refractivity contribution in [3.05, 3.63) is 24.3 Å². The van der Waals surface area contributed by atoms with Crippen LogP contribution in [0.2, 0.25) is 0 Å². The number of halogens is 1. The number of nitrogens with zero attached hydrogens (tertiary/aromatic N) is 1. The predicted molar refractivity (Wildman–Crippen MR) is 62.4 cm³/mol. The van der Waals surface area contributed by atoms with Gasteiger partial charge >= 0.3 is 5.97 Å². The molecular weight excluding hydrogens is 270 g/mol. The second kappa shape index (κ2) is 5.13. The summed E-state index contributed by atoms with van der Waals surface area (Å²) in [6, 6.07) is 5.24. The molecule has 0 spiro atoms. The molecular formula is C8H8ClN3O4S. The molecule has 0 atom stereocenters. The molecule has 1 aromatic rings. The zero-order valence-corrected chi connectivity index (χ0v) is 9.86. The van der Waals surface area contributed by atoms with Crippen LogP contribution in [0.1, 0.15) is 0 Å². The molecule has 17 heavy (non-hydrogen) atoms.